The highest BCUT2D eigenvalue weighted by Crippen LogP contribution is 1.81. The molecule has 2 N–H and O–H groups in total. The summed E-state index contributed by atoms with van der Waals surface area (Å²) >= 11 is 0. The molecule has 0 saturated carbocycles. The number of rotatable bonds is 5. The van der Waals surface area contributed by atoms with E-state index in [-0.39, 0.29) is 18.4 Å². The largest absolute Gasteiger partial charge is 0.469 e. The molecule has 0 radical (unpaired) electrons. The third kappa shape index (κ3) is 7.11. The van der Waals surface area contributed by atoms with Gasteiger partial charge in [-0.3, -0.25) is 4.79 Å². The molecule has 0 aromatic rings. The molecule has 0 rings (SSSR count). The van der Waals surface area contributed by atoms with Gasteiger partial charge < -0.3 is 15.4 Å². The van der Waals surface area contributed by atoms with E-state index >= 15 is 0 Å². The molecule has 0 spiro atoms. The molecule has 0 bridgehead atoms. The first-order valence-electron chi connectivity index (χ1n) is 4.29. The van der Waals surface area contributed by atoms with E-state index in [9.17, 15) is 9.59 Å². The summed E-state index contributed by atoms with van der Waals surface area (Å²) in [5.41, 5.74) is 0. The summed E-state index contributed by atoms with van der Waals surface area (Å²) in [5, 5.41) is 5.15. The Labute approximate surface area is 77.8 Å². The molecule has 13 heavy (non-hydrogen) atoms. The summed E-state index contributed by atoms with van der Waals surface area (Å²) in [4.78, 5) is 21.5. The molecule has 0 heterocycles. The molecule has 5 heteroatoms. The lowest BCUT2D eigenvalue weighted by Crippen LogP contribution is -2.37. The van der Waals surface area contributed by atoms with Gasteiger partial charge in [-0.25, -0.2) is 4.79 Å². The maximum atomic E-state index is 10.9. The Balaban J connectivity index is 3.31. The van der Waals surface area contributed by atoms with E-state index in [1.165, 1.54) is 7.11 Å². The molecular weight excluding hydrogens is 172 g/mol. The minimum Gasteiger partial charge on any atom is -0.469 e. The average molecular weight is 188 g/mol. The maximum Gasteiger partial charge on any atom is 0.314 e. The standard InChI is InChI=1S/C8H16N2O3/c1-3-5-9-8(12)10-6-4-7(11)13-2/h3-6H2,1-2H3,(H2,9,10,12). The van der Waals surface area contributed by atoms with Crippen LogP contribution in [-0.2, 0) is 9.53 Å². The van der Waals surface area contributed by atoms with Gasteiger partial charge in [0.05, 0.1) is 13.5 Å². The van der Waals surface area contributed by atoms with Crippen LogP contribution in [0, 0.1) is 0 Å². The van der Waals surface area contributed by atoms with Gasteiger partial charge in [-0.2, -0.15) is 0 Å². The normalized spacial score (nSPS) is 9.08. The quantitative estimate of drug-likeness (QED) is 0.608. The van der Waals surface area contributed by atoms with Crippen molar-refractivity contribution in [2.45, 2.75) is 19.8 Å². The molecule has 2 amide bonds. The molecule has 0 aromatic carbocycles. The molecule has 0 saturated heterocycles. The van der Waals surface area contributed by atoms with E-state index in [0.29, 0.717) is 13.1 Å². The topological polar surface area (TPSA) is 67.4 Å². The van der Waals surface area contributed by atoms with Gasteiger partial charge in [-0.1, -0.05) is 6.92 Å². The van der Waals surface area contributed by atoms with E-state index in [0.717, 1.165) is 6.42 Å². The lowest BCUT2D eigenvalue weighted by molar-refractivity contribution is -0.140. The smallest absolute Gasteiger partial charge is 0.314 e. The molecule has 0 unspecified atom stereocenters. The Bertz CT molecular complexity index is 171. The fraction of sp³-hybridized carbons (Fsp3) is 0.750. The van der Waals surface area contributed by atoms with Crippen molar-refractivity contribution in [2.24, 2.45) is 0 Å². The average Bonchev–Trinajstić information content (AvgIpc) is 2.14. The van der Waals surface area contributed by atoms with Crippen molar-refractivity contribution in [2.75, 3.05) is 20.2 Å². The fourth-order valence-corrected chi connectivity index (χ4v) is 0.681. The first kappa shape index (κ1) is 11.7. The van der Waals surface area contributed by atoms with Crippen LogP contribution in [0.3, 0.4) is 0 Å². The third-order valence-electron chi connectivity index (χ3n) is 1.38. The van der Waals surface area contributed by atoms with Gasteiger partial charge >= 0.3 is 12.0 Å². The predicted octanol–water partition coefficient (Wildman–Crippen LogP) is 0.259. The van der Waals surface area contributed by atoms with Crippen LogP contribution in [0.25, 0.3) is 0 Å². The molecule has 0 aliphatic carbocycles. The second-order valence-electron chi connectivity index (χ2n) is 2.51. The number of hydrogen-bond donors (Lipinski definition) is 2. The molecule has 0 aliphatic rings. The Morgan fingerprint density at radius 3 is 2.38 bits per heavy atom. The van der Waals surface area contributed by atoms with Crippen molar-refractivity contribution in [1.29, 1.82) is 0 Å². The third-order valence-corrected chi connectivity index (χ3v) is 1.38. The van der Waals surface area contributed by atoms with E-state index in [4.69, 9.17) is 0 Å². The van der Waals surface area contributed by atoms with Crippen LogP contribution in [0.1, 0.15) is 19.8 Å². The van der Waals surface area contributed by atoms with Gasteiger partial charge in [0.25, 0.3) is 0 Å². The Hall–Kier alpha value is -1.26. The van der Waals surface area contributed by atoms with Crippen LogP contribution in [0.2, 0.25) is 0 Å². The van der Waals surface area contributed by atoms with E-state index < -0.39 is 0 Å². The molecule has 76 valence electrons. The number of amides is 2. The molecule has 0 atom stereocenters. The number of hydrogen-bond acceptors (Lipinski definition) is 3. The monoisotopic (exact) mass is 188 g/mol. The van der Waals surface area contributed by atoms with Crippen LogP contribution >= 0.6 is 0 Å². The summed E-state index contributed by atoms with van der Waals surface area (Å²) in [5.74, 6) is -0.323. The fourth-order valence-electron chi connectivity index (χ4n) is 0.681. The lowest BCUT2D eigenvalue weighted by atomic mass is 10.4. The zero-order valence-electron chi connectivity index (χ0n) is 8.05. The van der Waals surface area contributed by atoms with Crippen molar-refractivity contribution in [3.8, 4) is 0 Å². The van der Waals surface area contributed by atoms with Gasteiger partial charge in [0.15, 0.2) is 0 Å². The van der Waals surface area contributed by atoms with Crippen molar-refractivity contribution in [3.63, 3.8) is 0 Å². The van der Waals surface area contributed by atoms with Crippen molar-refractivity contribution in [1.82, 2.24) is 10.6 Å². The first-order valence-corrected chi connectivity index (χ1v) is 4.29. The first-order chi connectivity index (χ1) is 6.20. The van der Waals surface area contributed by atoms with Crippen LogP contribution in [0.4, 0.5) is 4.79 Å². The number of urea groups is 1. The Morgan fingerprint density at radius 2 is 1.85 bits per heavy atom. The number of methoxy groups -OCH3 is 1. The minimum absolute atomic E-state index is 0.204. The summed E-state index contributed by atoms with van der Waals surface area (Å²) < 4.78 is 4.40. The Kier molecular flexibility index (Phi) is 6.68. The summed E-state index contributed by atoms with van der Waals surface area (Å²) in [7, 11) is 1.32. The zero-order valence-corrected chi connectivity index (χ0v) is 8.05. The van der Waals surface area contributed by atoms with E-state index in [1.807, 2.05) is 6.92 Å². The molecular formula is C8H16N2O3. The van der Waals surface area contributed by atoms with Gasteiger partial charge in [-0.05, 0) is 6.42 Å². The van der Waals surface area contributed by atoms with E-state index in [2.05, 4.69) is 15.4 Å². The predicted molar refractivity (Wildman–Crippen MR) is 48.3 cm³/mol. The number of ether oxygens (including phenoxy) is 1. The van der Waals surface area contributed by atoms with Crippen LogP contribution in [0.5, 0.6) is 0 Å². The zero-order chi connectivity index (χ0) is 10.1. The number of esters is 1. The van der Waals surface area contributed by atoms with Crippen LogP contribution < -0.4 is 10.6 Å². The number of nitrogens with one attached hydrogen (secondary N) is 2. The van der Waals surface area contributed by atoms with Crippen LogP contribution in [0.15, 0.2) is 0 Å². The number of carbonyl (C=O) groups excluding carboxylic acids is 2. The SMILES string of the molecule is CCCNC(=O)NCCC(=O)OC. The second kappa shape index (κ2) is 7.39. The van der Waals surface area contributed by atoms with E-state index in [1.54, 1.807) is 0 Å². The summed E-state index contributed by atoms with van der Waals surface area (Å²) in [6.07, 6.45) is 1.10. The minimum atomic E-state index is -0.323. The van der Waals surface area contributed by atoms with Crippen LogP contribution in [-0.4, -0.2) is 32.2 Å². The van der Waals surface area contributed by atoms with Gasteiger partial charge in [0.2, 0.25) is 0 Å². The highest BCUT2D eigenvalue weighted by Gasteiger charge is 2.01. The summed E-state index contributed by atoms with van der Waals surface area (Å²) in [6, 6.07) is -0.245. The molecule has 0 fully saturated rings. The maximum absolute atomic E-state index is 10.9. The highest BCUT2D eigenvalue weighted by atomic mass is 16.5. The summed E-state index contributed by atoms with van der Waals surface area (Å²) in [6.45, 7) is 2.92. The van der Waals surface area contributed by atoms with Gasteiger partial charge in [0, 0.05) is 13.1 Å². The molecule has 0 aromatic heterocycles. The number of carbonyl (C=O) groups is 2. The Morgan fingerprint density at radius 1 is 1.23 bits per heavy atom. The lowest BCUT2D eigenvalue weighted by Gasteiger charge is -2.05. The molecule has 5 nitrogen and oxygen atoms in total. The second-order valence-corrected chi connectivity index (χ2v) is 2.51. The van der Waals surface area contributed by atoms with Crippen molar-refractivity contribution in [3.05, 3.63) is 0 Å². The molecule has 0 aliphatic heterocycles. The highest BCUT2D eigenvalue weighted by molar-refractivity contribution is 5.75. The van der Waals surface area contributed by atoms with Gasteiger partial charge in [-0.15, -0.1) is 0 Å². The van der Waals surface area contributed by atoms with Gasteiger partial charge in [0.1, 0.15) is 0 Å². The van der Waals surface area contributed by atoms with Crippen molar-refractivity contribution < 1.29 is 14.3 Å². The van der Waals surface area contributed by atoms with Crippen molar-refractivity contribution >= 4 is 12.0 Å².